The second kappa shape index (κ2) is 6.61. The van der Waals surface area contributed by atoms with Gasteiger partial charge in [-0.15, -0.1) is 0 Å². The predicted octanol–water partition coefficient (Wildman–Crippen LogP) is 1.43. The van der Waals surface area contributed by atoms with Crippen molar-refractivity contribution in [3.8, 4) is 0 Å². The summed E-state index contributed by atoms with van der Waals surface area (Å²) in [6.45, 7) is -0.367. The largest absolute Gasteiger partial charge is 0.354 e. The first-order valence-electron chi connectivity index (χ1n) is 7.80. The first-order chi connectivity index (χ1) is 11.9. The Morgan fingerprint density at radius 3 is 2.68 bits per heavy atom. The highest BCUT2D eigenvalue weighted by Crippen LogP contribution is 2.40. The summed E-state index contributed by atoms with van der Waals surface area (Å²) in [6, 6.07) is 1.36. The Morgan fingerprint density at radius 2 is 2.08 bits per heavy atom. The zero-order valence-electron chi connectivity index (χ0n) is 13.8. The van der Waals surface area contributed by atoms with Crippen molar-refractivity contribution in [1.29, 1.82) is 0 Å². The van der Waals surface area contributed by atoms with Gasteiger partial charge in [0.05, 0.1) is 11.4 Å². The van der Waals surface area contributed by atoms with Crippen molar-refractivity contribution in [2.75, 3.05) is 12.4 Å². The Kier molecular flexibility index (Phi) is 4.51. The zero-order chi connectivity index (χ0) is 18.1. The van der Waals surface area contributed by atoms with Gasteiger partial charge in [0, 0.05) is 26.2 Å². The summed E-state index contributed by atoms with van der Waals surface area (Å²) in [5, 5.41) is 13.0. The average Bonchev–Trinajstić information content (AvgIpc) is 3.22. The highest BCUT2D eigenvalue weighted by molar-refractivity contribution is 6.02. The molecule has 1 saturated carbocycles. The van der Waals surface area contributed by atoms with E-state index in [9.17, 15) is 18.4 Å². The summed E-state index contributed by atoms with van der Waals surface area (Å²) in [4.78, 5) is 24.0. The molecule has 2 N–H and O–H groups in total. The molecule has 2 amide bonds. The number of carbonyl (C=O) groups is 2. The van der Waals surface area contributed by atoms with E-state index in [-0.39, 0.29) is 29.5 Å². The predicted molar refractivity (Wildman–Crippen MR) is 84.4 cm³/mol. The molecule has 0 aliphatic heterocycles. The molecule has 8 nitrogen and oxygen atoms in total. The lowest BCUT2D eigenvalue weighted by atomic mass is 10.3. The molecule has 2 aromatic rings. The summed E-state index contributed by atoms with van der Waals surface area (Å²) < 4.78 is 28.7. The Bertz CT molecular complexity index is 809. The number of carbonyl (C=O) groups excluding carboxylic acids is 2. The summed E-state index contributed by atoms with van der Waals surface area (Å²) in [6.07, 6.45) is 0.608. The van der Waals surface area contributed by atoms with Crippen LogP contribution in [0.25, 0.3) is 0 Å². The maximum Gasteiger partial charge on any atom is 0.280 e. The highest BCUT2D eigenvalue weighted by atomic mass is 19.3. The molecule has 0 aromatic carbocycles. The van der Waals surface area contributed by atoms with E-state index in [2.05, 4.69) is 20.8 Å². The van der Waals surface area contributed by atoms with Gasteiger partial charge in [-0.05, 0) is 18.9 Å². The van der Waals surface area contributed by atoms with Crippen LogP contribution in [0.4, 0.5) is 14.5 Å². The van der Waals surface area contributed by atoms with Gasteiger partial charge in [0.1, 0.15) is 12.2 Å². The van der Waals surface area contributed by atoms with E-state index in [0.717, 1.165) is 17.5 Å². The van der Waals surface area contributed by atoms with Crippen molar-refractivity contribution >= 4 is 17.5 Å². The molecule has 0 unspecified atom stereocenters. The van der Waals surface area contributed by atoms with Gasteiger partial charge in [-0.1, -0.05) is 0 Å². The molecule has 0 atom stereocenters. The number of hydrogen-bond donors (Lipinski definition) is 2. The van der Waals surface area contributed by atoms with Gasteiger partial charge in [-0.2, -0.15) is 10.2 Å². The van der Waals surface area contributed by atoms with Gasteiger partial charge in [0.2, 0.25) is 5.91 Å². The average molecular weight is 352 g/mol. The molecular weight excluding hydrogens is 334 g/mol. The molecule has 25 heavy (non-hydrogen) atoms. The van der Waals surface area contributed by atoms with Gasteiger partial charge >= 0.3 is 0 Å². The van der Waals surface area contributed by atoms with Gasteiger partial charge in [-0.3, -0.25) is 19.0 Å². The standard InChI is InChI=1S/C15H18F2N6O2/c1-18-15(25)13-10(6-22(2)21-13)19-12(24)7-23-11(14(16)17)5-9(20-23)8-3-4-8/h5-6,8,14H,3-4,7H2,1-2H3,(H,18,25)(H,19,24). The molecule has 10 heteroatoms. The summed E-state index contributed by atoms with van der Waals surface area (Å²) in [5.41, 5.74) is 0.567. The summed E-state index contributed by atoms with van der Waals surface area (Å²) in [7, 11) is 3.05. The van der Waals surface area contributed by atoms with E-state index >= 15 is 0 Å². The van der Waals surface area contributed by atoms with Crippen LogP contribution >= 0.6 is 0 Å². The molecule has 0 spiro atoms. The molecule has 0 saturated heterocycles. The molecule has 1 aliphatic carbocycles. The van der Waals surface area contributed by atoms with Gasteiger partial charge in [-0.25, -0.2) is 8.78 Å². The lowest BCUT2D eigenvalue weighted by Gasteiger charge is -2.07. The number of aromatic nitrogens is 4. The Balaban J connectivity index is 1.76. The van der Waals surface area contributed by atoms with Crippen LogP contribution in [0.2, 0.25) is 0 Å². The fourth-order valence-electron chi connectivity index (χ4n) is 2.52. The second-order valence-corrected chi connectivity index (χ2v) is 5.92. The second-order valence-electron chi connectivity index (χ2n) is 5.92. The van der Waals surface area contributed by atoms with E-state index in [4.69, 9.17) is 0 Å². The van der Waals surface area contributed by atoms with Crippen LogP contribution < -0.4 is 10.6 Å². The van der Waals surface area contributed by atoms with E-state index in [0.29, 0.717) is 5.69 Å². The van der Waals surface area contributed by atoms with E-state index in [1.807, 2.05) is 0 Å². The molecule has 2 aromatic heterocycles. The molecular formula is C15H18F2N6O2. The Labute approximate surface area is 142 Å². The van der Waals surface area contributed by atoms with Crippen molar-refractivity contribution in [3.05, 3.63) is 29.3 Å². The monoisotopic (exact) mass is 352 g/mol. The molecule has 0 bridgehead atoms. The van der Waals surface area contributed by atoms with Crippen molar-refractivity contribution in [3.63, 3.8) is 0 Å². The lowest BCUT2D eigenvalue weighted by molar-refractivity contribution is -0.117. The minimum absolute atomic E-state index is 0.0477. The van der Waals surface area contributed by atoms with E-state index < -0.39 is 18.2 Å². The summed E-state index contributed by atoms with van der Waals surface area (Å²) >= 11 is 0. The Hall–Kier alpha value is -2.78. The number of aryl methyl sites for hydroxylation is 1. The van der Waals surface area contributed by atoms with E-state index in [1.54, 1.807) is 7.05 Å². The van der Waals surface area contributed by atoms with Crippen LogP contribution in [0, 0.1) is 0 Å². The molecule has 0 radical (unpaired) electrons. The van der Waals surface area contributed by atoms with E-state index in [1.165, 1.54) is 24.0 Å². The Morgan fingerprint density at radius 1 is 1.36 bits per heavy atom. The number of halogens is 2. The zero-order valence-corrected chi connectivity index (χ0v) is 13.8. The summed E-state index contributed by atoms with van der Waals surface area (Å²) in [5.74, 6) is -0.815. The number of nitrogens with one attached hydrogen (secondary N) is 2. The number of nitrogens with zero attached hydrogens (tertiary/aromatic N) is 4. The lowest BCUT2D eigenvalue weighted by Crippen LogP contribution is -2.24. The van der Waals surface area contributed by atoms with Crippen molar-refractivity contribution in [2.24, 2.45) is 7.05 Å². The van der Waals surface area contributed by atoms with Gasteiger partial charge in [0.15, 0.2) is 5.69 Å². The van der Waals surface area contributed by atoms with Crippen molar-refractivity contribution < 1.29 is 18.4 Å². The van der Waals surface area contributed by atoms with Crippen LogP contribution in [-0.4, -0.2) is 38.4 Å². The SMILES string of the molecule is CNC(=O)c1nn(C)cc1NC(=O)Cn1nc(C2CC2)cc1C(F)F. The maximum absolute atomic E-state index is 13.2. The smallest absolute Gasteiger partial charge is 0.280 e. The van der Waals surface area contributed by atoms with Crippen LogP contribution in [0.3, 0.4) is 0 Å². The van der Waals surface area contributed by atoms with Crippen LogP contribution in [-0.2, 0) is 18.4 Å². The number of hydrogen-bond acceptors (Lipinski definition) is 4. The number of rotatable bonds is 6. The minimum atomic E-state index is -2.72. The topological polar surface area (TPSA) is 93.8 Å². The van der Waals surface area contributed by atoms with Gasteiger partial charge < -0.3 is 10.6 Å². The number of alkyl halides is 2. The molecule has 134 valence electrons. The molecule has 1 fully saturated rings. The van der Waals surface area contributed by atoms with Crippen LogP contribution in [0.5, 0.6) is 0 Å². The fourth-order valence-corrected chi connectivity index (χ4v) is 2.52. The first kappa shape index (κ1) is 17.1. The van der Waals surface area contributed by atoms with Crippen molar-refractivity contribution in [2.45, 2.75) is 31.7 Å². The minimum Gasteiger partial charge on any atom is -0.354 e. The number of amides is 2. The normalized spacial score (nSPS) is 14.0. The van der Waals surface area contributed by atoms with Gasteiger partial charge in [0.25, 0.3) is 12.3 Å². The number of anilines is 1. The molecule has 3 rings (SSSR count). The third kappa shape index (κ3) is 3.67. The molecule has 2 heterocycles. The third-order valence-corrected chi connectivity index (χ3v) is 3.89. The molecule has 1 aliphatic rings. The van der Waals surface area contributed by atoms with Crippen molar-refractivity contribution in [1.82, 2.24) is 24.9 Å². The highest BCUT2D eigenvalue weighted by Gasteiger charge is 2.29. The van der Waals surface area contributed by atoms with Crippen LogP contribution in [0.15, 0.2) is 12.3 Å². The fraction of sp³-hybridized carbons (Fsp3) is 0.467. The maximum atomic E-state index is 13.2. The van der Waals surface area contributed by atoms with Crippen LogP contribution in [0.1, 0.15) is 47.1 Å². The third-order valence-electron chi connectivity index (χ3n) is 3.89. The first-order valence-corrected chi connectivity index (χ1v) is 7.80. The quantitative estimate of drug-likeness (QED) is 0.822.